The van der Waals surface area contributed by atoms with Crippen LogP contribution in [0.15, 0.2) is 0 Å². The molecule has 14 heavy (non-hydrogen) atoms. The Hall–Kier alpha value is -0.0800. The molecule has 4 bridgehead atoms. The van der Waals surface area contributed by atoms with E-state index in [1.165, 1.54) is 32.1 Å². The monoisotopic (exact) mass is 195 g/mol. The van der Waals surface area contributed by atoms with Gasteiger partial charge in [-0.2, -0.15) is 0 Å². The standard InChI is InChI=1S/C12H21NO/c1-2-14-12-5-8-3-9(6-12)11(13)10(4-8)7-12/h8-11H,2-7,13H2,1H3/t8?,9-,10+,11?,12?. The number of rotatable bonds is 2. The highest BCUT2D eigenvalue weighted by Crippen LogP contribution is 2.56. The zero-order chi connectivity index (χ0) is 9.76. The van der Waals surface area contributed by atoms with Crippen LogP contribution in [0.5, 0.6) is 0 Å². The topological polar surface area (TPSA) is 35.2 Å². The molecule has 0 aromatic rings. The summed E-state index contributed by atoms with van der Waals surface area (Å²) in [6.45, 7) is 3.00. The molecular formula is C12H21NO. The third-order valence-corrected chi connectivity index (χ3v) is 4.74. The summed E-state index contributed by atoms with van der Waals surface area (Å²) in [6, 6.07) is 0.486. The van der Waals surface area contributed by atoms with E-state index in [9.17, 15) is 0 Å². The molecule has 0 aromatic heterocycles. The molecule has 80 valence electrons. The average molecular weight is 195 g/mol. The maximum absolute atomic E-state index is 6.27. The molecule has 4 fully saturated rings. The Morgan fingerprint density at radius 2 is 1.86 bits per heavy atom. The third kappa shape index (κ3) is 1.17. The van der Waals surface area contributed by atoms with Crippen LogP contribution in [0.1, 0.15) is 39.0 Å². The molecule has 0 aromatic carbocycles. The van der Waals surface area contributed by atoms with Gasteiger partial charge in [0.1, 0.15) is 0 Å². The van der Waals surface area contributed by atoms with Crippen LogP contribution in [0.2, 0.25) is 0 Å². The van der Waals surface area contributed by atoms with E-state index >= 15 is 0 Å². The lowest BCUT2D eigenvalue weighted by atomic mass is 9.52. The summed E-state index contributed by atoms with van der Waals surface area (Å²) in [4.78, 5) is 0. The van der Waals surface area contributed by atoms with Crippen LogP contribution < -0.4 is 5.73 Å². The molecule has 0 amide bonds. The zero-order valence-electron chi connectivity index (χ0n) is 9.04. The number of hydrogen-bond acceptors (Lipinski definition) is 2. The van der Waals surface area contributed by atoms with Crippen molar-refractivity contribution in [2.45, 2.75) is 50.7 Å². The van der Waals surface area contributed by atoms with E-state index < -0.39 is 0 Å². The Balaban J connectivity index is 1.85. The predicted octanol–water partition coefficient (Wildman–Crippen LogP) is 1.93. The highest BCUT2D eigenvalue weighted by atomic mass is 16.5. The molecule has 0 radical (unpaired) electrons. The van der Waals surface area contributed by atoms with Gasteiger partial charge in [-0.1, -0.05) is 0 Å². The molecule has 0 heterocycles. The number of ether oxygens (including phenoxy) is 1. The smallest absolute Gasteiger partial charge is 0.0691 e. The van der Waals surface area contributed by atoms with Crippen molar-refractivity contribution in [1.82, 2.24) is 0 Å². The van der Waals surface area contributed by atoms with Crippen molar-refractivity contribution in [1.29, 1.82) is 0 Å². The Kier molecular flexibility index (Phi) is 1.94. The molecule has 5 atom stereocenters. The summed E-state index contributed by atoms with van der Waals surface area (Å²) in [5.74, 6) is 2.47. The van der Waals surface area contributed by atoms with Crippen molar-refractivity contribution in [3.63, 3.8) is 0 Å². The Bertz CT molecular complexity index is 224. The van der Waals surface area contributed by atoms with Crippen LogP contribution in [-0.2, 0) is 4.74 Å². The van der Waals surface area contributed by atoms with Crippen LogP contribution in [0.3, 0.4) is 0 Å². The first-order chi connectivity index (χ1) is 6.72. The maximum Gasteiger partial charge on any atom is 0.0691 e. The van der Waals surface area contributed by atoms with Gasteiger partial charge in [0.2, 0.25) is 0 Å². The SMILES string of the molecule is CCOC12CC3C[C@H](C1)C(N)[C@@H](C3)C2. The van der Waals surface area contributed by atoms with Gasteiger partial charge in [-0.05, 0) is 56.8 Å². The van der Waals surface area contributed by atoms with E-state index in [1.807, 2.05) is 0 Å². The van der Waals surface area contributed by atoms with E-state index in [1.54, 1.807) is 0 Å². The Morgan fingerprint density at radius 3 is 2.43 bits per heavy atom. The van der Waals surface area contributed by atoms with E-state index in [2.05, 4.69) is 6.92 Å². The highest BCUT2D eigenvalue weighted by Gasteiger charge is 2.54. The summed E-state index contributed by atoms with van der Waals surface area (Å²) in [6.07, 6.45) is 6.57. The second-order valence-corrected chi connectivity index (χ2v) is 5.66. The van der Waals surface area contributed by atoms with Crippen molar-refractivity contribution < 1.29 is 4.74 Å². The molecule has 4 rings (SSSR count). The fourth-order valence-electron chi connectivity index (χ4n) is 4.47. The van der Waals surface area contributed by atoms with Crippen molar-refractivity contribution in [2.75, 3.05) is 6.61 Å². The lowest BCUT2D eigenvalue weighted by molar-refractivity contribution is -0.165. The minimum absolute atomic E-state index is 0.251. The van der Waals surface area contributed by atoms with Gasteiger partial charge in [0.25, 0.3) is 0 Å². The minimum atomic E-state index is 0.251. The minimum Gasteiger partial charge on any atom is -0.375 e. The molecule has 2 heteroatoms. The summed E-state index contributed by atoms with van der Waals surface area (Å²) in [7, 11) is 0. The first kappa shape index (κ1) is 9.17. The van der Waals surface area contributed by atoms with Crippen molar-refractivity contribution in [3.8, 4) is 0 Å². The van der Waals surface area contributed by atoms with Crippen molar-refractivity contribution in [3.05, 3.63) is 0 Å². The first-order valence-electron chi connectivity index (χ1n) is 6.12. The van der Waals surface area contributed by atoms with Crippen molar-refractivity contribution in [2.24, 2.45) is 23.5 Å². The number of nitrogens with two attached hydrogens (primary N) is 1. The molecule has 4 aliphatic rings. The fourth-order valence-corrected chi connectivity index (χ4v) is 4.47. The predicted molar refractivity (Wildman–Crippen MR) is 55.9 cm³/mol. The normalized spacial score (nSPS) is 55.3. The highest BCUT2D eigenvalue weighted by molar-refractivity contribution is 5.07. The van der Waals surface area contributed by atoms with Gasteiger partial charge in [-0.3, -0.25) is 0 Å². The summed E-state index contributed by atoms with van der Waals surface area (Å²) < 4.78 is 6.03. The molecule has 0 saturated heterocycles. The first-order valence-corrected chi connectivity index (χ1v) is 6.12. The molecule has 4 aliphatic carbocycles. The van der Waals surface area contributed by atoms with Gasteiger partial charge in [0.05, 0.1) is 5.60 Å². The largest absolute Gasteiger partial charge is 0.375 e. The second-order valence-electron chi connectivity index (χ2n) is 5.66. The Labute approximate surface area is 86.2 Å². The van der Waals surface area contributed by atoms with Gasteiger partial charge in [-0.15, -0.1) is 0 Å². The van der Waals surface area contributed by atoms with Gasteiger partial charge in [0, 0.05) is 12.6 Å². The maximum atomic E-state index is 6.27. The van der Waals surface area contributed by atoms with Crippen LogP contribution in [0, 0.1) is 17.8 Å². The summed E-state index contributed by atoms with van der Waals surface area (Å²) in [5.41, 5.74) is 6.52. The van der Waals surface area contributed by atoms with Crippen LogP contribution in [0.4, 0.5) is 0 Å². The summed E-state index contributed by atoms with van der Waals surface area (Å²) >= 11 is 0. The van der Waals surface area contributed by atoms with E-state index in [4.69, 9.17) is 10.5 Å². The van der Waals surface area contributed by atoms with E-state index in [0.29, 0.717) is 6.04 Å². The lowest BCUT2D eigenvalue weighted by Crippen LogP contribution is -2.60. The molecule has 0 aliphatic heterocycles. The third-order valence-electron chi connectivity index (χ3n) is 4.74. The number of hydrogen-bond donors (Lipinski definition) is 1. The van der Waals surface area contributed by atoms with Gasteiger partial charge in [-0.25, -0.2) is 0 Å². The molecular weight excluding hydrogens is 174 g/mol. The van der Waals surface area contributed by atoms with E-state index in [0.717, 1.165) is 24.4 Å². The summed E-state index contributed by atoms with van der Waals surface area (Å²) in [5, 5.41) is 0. The molecule has 2 nitrogen and oxygen atoms in total. The van der Waals surface area contributed by atoms with Gasteiger partial charge < -0.3 is 10.5 Å². The lowest BCUT2D eigenvalue weighted by Gasteiger charge is -2.58. The molecule has 3 unspecified atom stereocenters. The fraction of sp³-hybridized carbons (Fsp3) is 1.00. The molecule has 2 N–H and O–H groups in total. The second kappa shape index (κ2) is 2.96. The Morgan fingerprint density at radius 1 is 1.21 bits per heavy atom. The van der Waals surface area contributed by atoms with Gasteiger partial charge >= 0.3 is 0 Å². The molecule has 4 saturated carbocycles. The van der Waals surface area contributed by atoms with E-state index in [-0.39, 0.29) is 5.60 Å². The van der Waals surface area contributed by atoms with Crippen LogP contribution in [-0.4, -0.2) is 18.2 Å². The van der Waals surface area contributed by atoms with Crippen LogP contribution >= 0.6 is 0 Å². The van der Waals surface area contributed by atoms with Crippen LogP contribution in [0.25, 0.3) is 0 Å². The molecule has 0 spiro atoms. The van der Waals surface area contributed by atoms with Gasteiger partial charge in [0.15, 0.2) is 0 Å². The average Bonchev–Trinajstić information content (AvgIpc) is 2.12. The van der Waals surface area contributed by atoms with Crippen molar-refractivity contribution >= 4 is 0 Å². The quantitative estimate of drug-likeness (QED) is 0.730. The zero-order valence-corrected chi connectivity index (χ0v) is 9.04.